The second-order valence-electron chi connectivity index (χ2n) is 5.44. The number of rotatable bonds is 6. The minimum atomic E-state index is -0.447. The lowest BCUT2D eigenvalue weighted by molar-refractivity contribution is 0.0918. The molecular formula is C20H15FN2O3. The van der Waals surface area contributed by atoms with Gasteiger partial charge in [0.1, 0.15) is 30.0 Å². The number of furan rings is 1. The van der Waals surface area contributed by atoms with Crippen LogP contribution < -0.4 is 10.1 Å². The van der Waals surface area contributed by atoms with E-state index in [0.29, 0.717) is 22.6 Å². The summed E-state index contributed by atoms with van der Waals surface area (Å²) in [4.78, 5) is 12.1. The van der Waals surface area contributed by atoms with Gasteiger partial charge in [0.15, 0.2) is 5.76 Å². The van der Waals surface area contributed by atoms with Gasteiger partial charge in [-0.25, -0.2) is 4.39 Å². The Kier molecular flexibility index (Phi) is 5.30. The van der Waals surface area contributed by atoms with Crippen molar-refractivity contribution in [2.45, 2.75) is 13.2 Å². The summed E-state index contributed by atoms with van der Waals surface area (Å²) in [7, 11) is 0. The van der Waals surface area contributed by atoms with Crippen LogP contribution >= 0.6 is 0 Å². The van der Waals surface area contributed by atoms with Gasteiger partial charge < -0.3 is 14.5 Å². The molecule has 0 atom stereocenters. The molecule has 1 amide bonds. The molecule has 3 rings (SSSR count). The van der Waals surface area contributed by atoms with E-state index in [1.807, 2.05) is 6.07 Å². The molecule has 3 aromatic rings. The Labute approximate surface area is 149 Å². The molecule has 1 heterocycles. The van der Waals surface area contributed by atoms with Gasteiger partial charge in [-0.05, 0) is 30.3 Å². The van der Waals surface area contributed by atoms with E-state index >= 15 is 0 Å². The number of benzene rings is 2. The predicted octanol–water partition coefficient (Wildman–Crippen LogP) is 3.80. The van der Waals surface area contributed by atoms with Crippen LogP contribution in [0.2, 0.25) is 0 Å². The minimum Gasteiger partial charge on any atom is -0.484 e. The Balaban J connectivity index is 1.58. The maximum absolute atomic E-state index is 13.6. The number of carbonyl (C=O) groups is 1. The highest BCUT2D eigenvalue weighted by molar-refractivity contribution is 5.91. The summed E-state index contributed by atoms with van der Waals surface area (Å²) in [5, 5.41) is 11.6. The van der Waals surface area contributed by atoms with Crippen LogP contribution in [0.4, 0.5) is 4.39 Å². The first-order valence-corrected chi connectivity index (χ1v) is 7.89. The molecule has 6 heteroatoms. The minimum absolute atomic E-state index is 0.0631. The lowest BCUT2D eigenvalue weighted by Gasteiger charge is -2.06. The van der Waals surface area contributed by atoms with E-state index in [0.717, 1.165) is 0 Å². The first-order valence-electron chi connectivity index (χ1n) is 7.89. The maximum Gasteiger partial charge on any atom is 0.287 e. The fourth-order valence-electron chi connectivity index (χ4n) is 2.32. The van der Waals surface area contributed by atoms with Gasteiger partial charge in [-0.15, -0.1) is 0 Å². The first kappa shape index (κ1) is 17.2. The summed E-state index contributed by atoms with van der Waals surface area (Å²) in [6.07, 6.45) is 0. The van der Waals surface area contributed by atoms with Crippen molar-refractivity contribution in [1.82, 2.24) is 5.32 Å². The van der Waals surface area contributed by atoms with Crippen LogP contribution in [0.15, 0.2) is 65.1 Å². The lowest BCUT2D eigenvalue weighted by atomic mass is 10.2. The molecule has 0 aliphatic heterocycles. The predicted molar refractivity (Wildman–Crippen MR) is 91.8 cm³/mol. The van der Waals surface area contributed by atoms with Crippen molar-refractivity contribution in [3.8, 4) is 11.8 Å². The summed E-state index contributed by atoms with van der Waals surface area (Å²) in [5.41, 5.74) is 0.811. The molecule has 2 aromatic carbocycles. The quantitative estimate of drug-likeness (QED) is 0.734. The molecular weight excluding hydrogens is 335 g/mol. The van der Waals surface area contributed by atoms with Crippen molar-refractivity contribution < 1.29 is 18.3 Å². The van der Waals surface area contributed by atoms with Crippen molar-refractivity contribution in [2.24, 2.45) is 0 Å². The molecule has 0 aliphatic carbocycles. The first-order chi connectivity index (χ1) is 12.7. The molecule has 0 radical (unpaired) electrons. The van der Waals surface area contributed by atoms with Crippen LogP contribution in [0.5, 0.6) is 5.75 Å². The molecule has 1 N–H and O–H groups in total. The average Bonchev–Trinajstić information content (AvgIpc) is 3.15. The van der Waals surface area contributed by atoms with E-state index in [-0.39, 0.29) is 24.7 Å². The van der Waals surface area contributed by atoms with Gasteiger partial charge in [0.2, 0.25) is 0 Å². The van der Waals surface area contributed by atoms with Crippen molar-refractivity contribution in [2.75, 3.05) is 0 Å². The van der Waals surface area contributed by atoms with Gasteiger partial charge in [0, 0.05) is 12.1 Å². The van der Waals surface area contributed by atoms with E-state index in [1.54, 1.807) is 48.5 Å². The van der Waals surface area contributed by atoms with Crippen molar-refractivity contribution in [1.29, 1.82) is 5.26 Å². The summed E-state index contributed by atoms with van der Waals surface area (Å²) in [6, 6.07) is 18.2. The largest absolute Gasteiger partial charge is 0.484 e. The number of ether oxygens (including phenoxy) is 1. The molecule has 0 aliphatic rings. The number of carbonyl (C=O) groups excluding carboxylic acids is 1. The second-order valence-corrected chi connectivity index (χ2v) is 5.44. The number of nitrogens with zero attached hydrogens (tertiary/aromatic N) is 1. The van der Waals surface area contributed by atoms with Crippen LogP contribution in [0, 0.1) is 17.1 Å². The standard InChI is InChI=1S/C20H15FN2O3/c21-17-7-3-1-6-15(17)12-23-20(24)19-10-9-16(26-19)13-25-18-8-4-2-5-14(18)11-22/h1-10H,12-13H2,(H,23,24). The fourth-order valence-corrected chi connectivity index (χ4v) is 2.32. The molecule has 1 aromatic heterocycles. The lowest BCUT2D eigenvalue weighted by Crippen LogP contribution is -2.22. The summed E-state index contributed by atoms with van der Waals surface area (Å²) < 4.78 is 24.6. The van der Waals surface area contributed by atoms with Gasteiger partial charge in [0.25, 0.3) is 5.91 Å². The summed E-state index contributed by atoms with van der Waals surface area (Å²) in [6.45, 7) is 0.146. The Morgan fingerprint density at radius 2 is 1.88 bits per heavy atom. The number of nitrogens with one attached hydrogen (secondary N) is 1. The van der Waals surface area contributed by atoms with Crippen LogP contribution in [0.25, 0.3) is 0 Å². The smallest absolute Gasteiger partial charge is 0.287 e. The van der Waals surface area contributed by atoms with Gasteiger partial charge >= 0.3 is 0 Å². The Morgan fingerprint density at radius 3 is 2.69 bits per heavy atom. The van der Waals surface area contributed by atoms with Crippen molar-refractivity contribution in [3.05, 3.63) is 89.1 Å². The van der Waals surface area contributed by atoms with E-state index in [1.165, 1.54) is 12.1 Å². The molecule has 130 valence electrons. The summed E-state index contributed by atoms with van der Waals surface area (Å²) >= 11 is 0. The van der Waals surface area contributed by atoms with Gasteiger partial charge in [0.05, 0.1) is 5.56 Å². The van der Waals surface area contributed by atoms with E-state index in [9.17, 15) is 9.18 Å². The molecule has 0 unspecified atom stereocenters. The molecule has 0 saturated carbocycles. The number of para-hydroxylation sites is 1. The van der Waals surface area contributed by atoms with Crippen molar-refractivity contribution in [3.63, 3.8) is 0 Å². The maximum atomic E-state index is 13.6. The monoisotopic (exact) mass is 350 g/mol. The molecule has 0 bridgehead atoms. The number of amides is 1. The SMILES string of the molecule is N#Cc1ccccc1OCc1ccc(C(=O)NCc2ccccc2F)o1. The van der Waals surface area contributed by atoms with E-state index < -0.39 is 5.91 Å². The van der Waals surface area contributed by atoms with Crippen molar-refractivity contribution >= 4 is 5.91 Å². The summed E-state index contributed by atoms with van der Waals surface area (Å²) in [5.74, 6) is 0.161. The van der Waals surface area contributed by atoms with Gasteiger partial charge in [-0.1, -0.05) is 30.3 Å². The van der Waals surface area contributed by atoms with Gasteiger partial charge in [-0.3, -0.25) is 4.79 Å². The van der Waals surface area contributed by atoms with E-state index in [4.69, 9.17) is 14.4 Å². The number of halogens is 1. The topological polar surface area (TPSA) is 75.3 Å². The zero-order valence-electron chi connectivity index (χ0n) is 13.7. The molecule has 5 nitrogen and oxygen atoms in total. The number of hydrogen-bond acceptors (Lipinski definition) is 4. The fraction of sp³-hybridized carbons (Fsp3) is 0.100. The third-order valence-corrected chi connectivity index (χ3v) is 3.66. The zero-order chi connectivity index (χ0) is 18.4. The Hall–Kier alpha value is -3.59. The van der Waals surface area contributed by atoms with Gasteiger partial charge in [-0.2, -0.15) is 5.26 Å². The Bertz CT molecular complexity index is 959. The van der Waals surface area contributed by atoms with E-state index in [2.05, 4.69) is 5.32 Å². The molecule has 0 spiro atoms. The third-order valence-electron chi connectivity index (χ3n) is 3.66. The Morgan fingerprint density at radius 1 is 1.12 bits per heavy atom. The number of hydrogen-bond donors (Lipinski definition) is 1. The number of nitriles is 1. The van der Waals surface area contributed by atoms with Crippen LogP contribution in [-0.4, -0.2) is 5.91 Å². The highest BCUT2D eigenvalue weighted by atomic mass is 19.1. The highest BCUT2D eigenvalue weighted by Gasteiger charge is 2.12. The molecule has 0 fully saturated rings. The zero-order valence-corrected chi connectivity index (χ0v) is 13.7. The average molecular weight is 350 g/mol. The normalized spacial score (nSPS) is 10.2. The molecule has 26 heavy (non-hydrogen) atoms. The highest BCUT2D eigenvalue weighted by Crippen LogP contribution is 2.19. The third kappa shape index (κ3) is 4.08. The van der Waals surface area contributed by atoms with Crippen LogP contribution in [0.3, 0.4) is 0 Å². The van der Waals surface area contributed by atoms with Crippen LogP contribution in [0.1, 0.15) is 27.4 Å². The second kappa shape index (κ2) is 7.99. The molecule has 0 saturated heterocycles. The van der Waals surface area contributed by atoms with Crippen LogP contribution in [-0.2, 0) is 13.2 Å².